The first kappa shape index (κ1) is 19.1. The van der Waals surface area contributed by atoms with Crippen molar-refractivity contribution in [2.45, 2.75) is 19.3 Å². The van der Waals surface area contributed by atoms with Crippen LogP contribution in [-0.2, 0) is 16.4 Å². The minimum absolute atomic E-state index is 0.0722. The molecule has 0 amide bonds. The predicted octanol–water partition coefficient (Wildman–Crippen LogP) is 3.81. The number of Topliss-reactive ketones (excluding diaryl/α,β-unsaturated/α-hetero) is 1. The highest BCUT2D eigenvalue weighted by Gasteiger charge is 2.31. The summed E-state index contributed by atoms with van der Waals surface area (Å²) in [5, 5.41) is 0.598. The van der Waals surface area contributed by atoms with Crippen molar-refractivity contribution in [3.63, 3.8) is 0 Å². The fourth-order valence-electron chi connectivity index (χ4n) is 3.27. The molecule has 138 valence electrons. The second kappa shape index (κ2) is 8.33. The van der Waals surface area contributed by atoms with Crippen LogP contribution in [0.5, 0.6) is 0 Å². The molecule has 26 heavy (non-hydrogen) atoms. The van der Waals surface area contributed by atoms with Gasteiger partial charge < -0.3 is 0 Å². The number of carbonyl (C=O) groups excluding carboxylic acids is 1. The molecule has 0 saturated carbocycles. The first-order chi connectivity index (χ1) is 12.5. The first-order valence-electron chi connectivity index (χ1n) is 8.77. The summed E-state index contributed by atoms with van der Waals surface area (Å²) in [6.07, 6.45) is 1.63. The maximum absolute atomic E-state index is 12.6. The third kappa shape index (κ3) is 4.72. The highest BCUT2D eigenvalue weighted by molar-refractivity contribution is 7.89. The number of aryl methyl sites for hydroxylation is 1. The quantitative estimate of drug-likeness (QED) is 0.703. The number of nitrogens with zero attached hydrogens (tertiary/aromatic N) is 1. The molecule has 0 spiro atoms. The molecular formula is C20H22ClNO3S. The Hall–Kier alpha value is -1.69. The summed E-state index contributed by atoms with van der Waals surface area (Å²) in [6, 6.07) is 16.5. The van der Waals surface area contributed by atoms with Gasteiger partial charge >= 0.3 is 0 Å². The number of hydrogen-bond acceptors (Lipinski definition) is 3. The Labute approximate surface area is 159 Å². The van der Waals surface area contributed by atoms with E-state index in [9.17, 15) is 13.2 Å². The van der Waals surface area contributed by atoms with E-state index in [-0.39, 0.29) is 17.5 Å². The zero-order valence-electron chi connectivity index (χ0n) is 14.5. The number of carbonyl (C=O) groups is 1. The van der Waals surface area contributed by atoms with Crippen molar-refractivity contribution in [3.05, 3.63) is 70.7 Å². The monoisotopic (exact) mass is 391 g/mol. The largest absolute Gasteiger partial charge is 0.294 e. The summed E-state index contributed by atoms with van der Waals surface area (Å²) in [7, 11) is -3.30. The van der Waals surface area contributed by atoms with Crippen LogP contribution in [0.25, 0.3) is 0 Å². The van der Waals surface area contributed by atoms with Crippen LogP contribution in [0.4, 0.5) is 0 Å². The van der Waals surface area contributed by atoms with Gasteiger partial charge in [0.15, 0.2) is 5.78 Å². The van der Waals surface area contributed by atoms with Gasteiger partial charge in [-0.3, -0.25) is 4.79 Å². The lowest BCUT2D eigenvalue weighted by atomic mass is 9.90. The molecule has 0 radical (unpaired) electrons. The number of piperidine rings is 1. The molecule has 0 unspecified atom stereocenters. The first-order valence-corrected chi connectivity index (χ1v) is 10.8. The Kier molecular flexibility index (Phi) is 6.12. The molecule has 2 aromatic rings. The van der Waals surface area contributed by atoms with Gasteiger partial charge in [-0.25, -0.2) is 12.7 Å². The lowest BCUT2D eigenvalue weighted by Crippen LogP contribution is -2.41. The van der Waals surface area contributed by atoms with Gasteiger partial charge in [-0.15, -0.1) is 0 Å². The summed E-state index contributed by atoms with van der Waals surface area (Å²) in [5.41, 5.74) is 1.66. The lowest BCUT2D eigenvalue weighted by molar-refractivity contribution is 0.0875. The van der Waals surface area contributed by atoms with E-state index < -0.39 is 10.0 Å². The molecule has 1 aliphatic heterocycles. The van der Waals surface area contributed by atoms with Crippen LogP contribution in [0, 0.1) is 5.92 Å². The van der Waals surface area contributed by atoms with Crippen LogP contribution >= 0.6 is 11.6 Å². The van der Waals surface area contributed by atoms with E-state index in [2.05, 4.69) is 0 Å². The Morgan fingerprint density at radius 3 is 2.23 bits per heavy atom. The van der Waals surface area contributed by atoms with Crippen molar-refractivity contribution in [1.82, 2.24) is 4.31 Å². The van der Waals surface area contributed by atoms with Gasteiger partial charge in [0.05, 0.1) is 5.75 Å². The molecule has 0 N–H and O–H groups in total. The van der Waals surface area contributed by atoms with Gasteiger partial charge in [0.2, 0.25) is 10.0 Å². The summed E-state index contributed by atoms with van der Waals surface area (Å²) < 4.78 is 26.7. The van der Waals surface area contributed by atoms with E-state index in [1.54, 1.807) is 24.3 Å². The number of rotatable bonds is 6. The molecule has 1 heterocycles. The number of halogens is 1. The minimum Gasteiger partial charge on any atom is -0.294 e. The average molecular weight is 392 g/mol. The zero-order chi connectivity index (χ0) is 18.6. The minimum atomic E-state index is -3.30. The Bertz CT molecular complexity index is 842. The number of hydrogen-bond donors (Lipinski definition) is 0. The molecule has 4 nitrogen and oxygen atoms in total. The highest BCUT2D eigenvalue weighted by Crippen LogP contribution is 2.24. The second-order valence-corrected chi connectivity index (χ2v) is 9.12. The van der Waals surface area contributed by atoms with E-state index >= 15 is 0 Å². The van der Waals surface area contributed by atoms with E-state index in [1.165, 1.54) is 4.31 Å². The smallest absolute Gasteiger partial charge is 0.214 e. The summed E-state index contributed by atoms with van der Waals surface area (Å²) in [6.45, 7) is 0.808. The van der Waals surface area contributed by atoms with Gasteiger partial charge in [-0.1, -0.05) is 41.9 Å². The lowest BCUT2D eigenvalue weighted by Gasteiger charge is -2.30. The number of sulfonamides is 1. The van der Waals surface area contributed by atoms with Gasteiger partial charge in [0.25, 0.3) is 0 Å². The van der Waals surface area contributed by atoms with Crippen molar-refractivity contribution in [2.75, 3.05) is 18.8 Å². The fourth-order valence-corrected chi connectivity index (χ4v) is 4.91. The standard InChI is InChI=1S/C20H22ClNO3S/c21-19-8-6-17(7-9-19)20(23)18-10-13-22(14-11-18)26(24,25)15-12-16-4-2-1-3-5-16/h1-9,18H,10-15H2. The molecule has 1 fully saturated rings. The van der Waals surface area contributed by atoms with Crippen LogP contribution in [0.1, 0.15) is 28.8 Å². The van der Waals surface area contributed by atoms with Crippen LogP contribution in [0.15, 0.2) is 54.6 Å². The van der Waals surface area contributed by atoms with Crippen LogP contribution in [-0.4, -0.2) is 37.3 Å². The van der Waals surface area contributed by atoms with Crippen molar-refractivity contribution >= 4 is 27.4 Å². The zero-order valence-corrected chi connectivity index (χ0v) is 16.0. The molecule has 1 saturated heterocycles. The van der Waals surface area contributed by atoms with Gasteiger partial charge in [-0.05, 0) is 49.1 Å². The Morgan fingerprint density at radius 1 is 1.00 bits per heavy atom. The SMILES string of the molecule is O=C(c1ccc(Cl)cc1)C1CCN(S(=O)(=O)CCc2ccccc2)CC1. The molecule has 0 aliphatic carbocycles. The van der Waals surface area contributed by atoms with E-state index in [4.69, 9.17) is 11.6 Å². The van der Waals surface area contributed by atoms with Gasteiger partial charge in [-0.2, -0.15) is 0 Å². The fraction of sp³-hybridized carbons (Fsp3) is 0.350. The maximum atomic E-state index is 12.6. The molecule has 6 heteroatoms. The van der Waals surface area contributed by atoms with Crippen molar-refractivity contribution in [2.24, 2.45) is 5.92 Å². The molecule has 0 atom stereocenters. The maximum Gasteiger partial charge on any atom is 0.214 e. The highest BCUT2D eigenvalue weighted by atomic mass is 35.5. The number of ketones is 1. The Morgan fingerprint density at radius 2 is 1.62 bits per heavy atom. The van der Waals surface area contributed by atoms with Crippen molar-refractivity contribution in [1.29, 1.82) is 0 Å². The normalized spacial score (nSPS) is 16.5. The predicted molar refractivity (Wildman–Crippen MR) is 104 cm³/mol. The second-order valence-electron chi connectivity index (χ2n) is 6.60. The third-order valence-corrected chi connectivity index (χ3v) is 6.96. The average Bonchev–Trinajstić information content (AvgIpc) is 2.67. The van der Waals surface area contributed by atoms with E-state index in [0.717, 1.165) is 5.56 Å². The van der Waals surface area contributed by atoms with Gasteiger partial charge in [0, 0.05) is 29.6 Å². The molecule has 0 bridgehead atoms. The van der Waals surface area contributed by atoms with Crippen LogP contribution < -0.4 is 0 Å². The summed E-state index contributed by atoms with van der Waals surface area (Å²) in [5.74, 6) is 0.0482. The van der Waals surface area contributed by atoms with E-state index in [1.807, 2.05) is 30.3 Å². The summed E-state index contributed by atoms with van der Waals surface area (Å²) in [4.78, 5) is 12.6. The van der Waals surface area contributed by atoms with E-state index in [0.29, 0.717) is 42.9 Å². The number of benzene rings is 2. The molecule has 0 aromatic heterocycles. The molecule has 2 aromatic carbocycles. The van der Waals surface area contributed by atoms with Gasteiger partial charge in [0.1, 0.15) is 0 Å². The Balaban J connectivity index is 1.55. The molecule has 1 aliphatic rings. The summed E-state index contributed by atoms with van der Waals surface area (Å²) >= 11 is 5.86. The topological polar surface area (TPSA) is 54.5 Å². The van der Waals surface area contributed by atoms with Crippen LogP contribution in [0.2, 0.25) is 5.02 Å². The van der Waals surface area contributed by atoms with Crippen LogP contribution in [0.3, 0.4) is 0 Å². The molecule has 3 rings (SSSR count). The van der Waals surface area contributed by atoms with Crippen molar-refractivity contribution < 1.29 is 13.2 Å². The van der Waals surface area contributed by atoms with Crippen molar-refractivity contribution in [3.8, 4) is 0 Å². The molecular weight excluding hydrogens is 370 g/mol. The third-order valence-electron chi connectivity index (χ3n) is 4.84.